The van der Waals surface area contributed by atoms with Crippen molar-refractivity contribution in [1.82, 2.24) is 0 Å². The van der Waals surface area contributed by atoms with Gasteiger partial charge < -0.3 is 20.3 Å². The highest BCUT2D eigenvalue weighted by atomic mass is 16.5. The van der Waals surface area contributed by atoms with Crippen LogP contribution in [0.3, 0.4) is 0 Å². The lowest BCUT2D eigenvalue weighted by Gasteiger charge is -2.10. The Labute approximate surface area is 102 Å². The van der Waals surface area contributed by atoms with Crippen LogP contribution in [-0.2, 0) is 0 Å². The molecule has 3 N–H and O–H groups in total. The van der Waals surface area contributed by atoms with Crippen molar-refractivity contribution in [1.29, 1.82) is 0 Å². The summed E-state index contributed by atoms with van der Waals surface area (Å²) < 4.78 is 10.9. The fourth-order valence-corrected chi connectivity index (χ4v) is 1.28. The van der Waals surface area contributed by atoms with Crippen LogP contribution >= 0.6 is 0 Å². The molecule has 0 radical (unpaired) electrons. The van der Waals surface area contributed by atoms with E-state index in [2.05, 4.69) is 6.92 Å². The van der Waals surface area contributed by atoms with Crippen LogP contribution in [0.4, 0.5) is 0 Å². The molecule has 1 rings (SSSR count). The number of ether oxygens (including phenoxy) is 2. The highest BCUT2D eigenvalue weighted by Gasteiger charge is 2.01. The van der Waals surface area contributed by atoms with Gasteiger partial charge in [0, 0.05) is 13.0 Å². The summed E-state index contributed by atoms with van der Waals surface area (Å²) in [5.41, 5.74) is 5.30. The fraction of sp³-hybridized carbons (Fsp3) is 0.538. The zero-order valence-electron chi connectivity index (χ0n) is 10.3. The summed E-state index contributed by atoms with van der Waals surface area (Å²) in [7, 11) is 0. The molecule has 0 aromatic heterocycles. The molecule has 1 unspecified atom stereocenters. The largest absolute Gasteiger partial charge is 0.494 e. The summed E-state index contributed by atoms with van der Waals surface area (Å²) >= 11 is 0. The van der Waals surface area contributed by atoms with Gasteiger partial charge in [0.05, 0.1) is 19.3 Å². The number of aliphatic hydroxyl groups is 1. The van der Waals surface area contributed by atoms with E-state index in [1.165, 1.54) is 0 Å². The van der Waals surface area contributed by atoms with Crippen LogP contribution in [0.25, 0.3) is 0 Å². The lowest BCUT2D eigenvalue weighted by molar-refractivity contribution is 0.146. The molecule has 17 heavy (non-hydrogen) atoms. The van der Waals surface area contributed by atoms with E-state index < -0.39 is 6.10 Å². The predicted molar refractivity (Wildman–Crippen MR) is 67.4 cm³/mol. The van der Waals surface area contributed by atoms with Crippen LogP contribution in [0.5, 0.6) is 11.5 Å². The highest BCUT2D eigenvalue weighted by Crippen LogP contribution is 2.17. The first-order valence-electron chi connectivity index (χ1n) is 6.00. The average molecular weight is 239 g/mol. The number of hydrogen-bond acceptors (Lipinski definition) is 4. The van der Waals surface area contributed by atoms with Crippen molar-refractivity contribution in [2.75, 3.05) is 19.8 Å². The Hall–Kier alpha value is -1.26. The van der Waals surface area contributed by atoms with Gasteiger partial charge in [0.2, 0.25) is 0 Å². The monoisotopic (exact) mass is 239 g/mol. The molecule has 0 fully saturated rings. The van der Waals surface area contributed by atoms with Gasteiger partial charge in [-0.05, 0) is 30.7 Å². The lowest BCUT2D eigenvalue weighted by atomic mass is 10.2. The van der Waals surface area contributed by atoms with Gasteiger partial charge in [-0.3, -0.25) is 0 Å². The number of benzene rings is 1. The molecule has 0 aliphatic rings. The second-order valence-corrected chi connectivity index (χ2v) is 3.85. The van der Waals surface area contributed by atoms with Gasteiger partial charge in [-0.1, -0.05) is 6.92 Å². The van der Waals surface area contributed by atoms with Crippen LogP contribution in [0.1, 0.15) is 19.8 Å². The lowest BCUT2D eigenvalue weighted by Crippen LogP contribution is -2.21. The molecular weight excluding hydrogens is 218 g/mol. The van der Waals surface area contributed by atoms with Crippen LogP contribution in [-0.4, -0.2) is 31.0 Å². The van der Waals surface area contributed by atoms with Crippen molar-refractivity contribution in [3.8, 4) is 11.5 Å². The van der Waals surface area contributed by atoms with E-state index in [1.54, 1.807) is 0 Å². The summed E-state index contributed by atoms with van der Waals surface area (Å²) in [6, 6.07) is 7.48. The van der Waals surface area contributed by atoms with Gasteiger partial charge in [0.1, 0.15) is 11.5 Å². The number of aliphatic hydroxyl groups excluding tert-OH is 1. The topological polar surface area (TPSA) is 64.7 Å². The SMILES string of the molecule is CCCOc1ccc(OCCC(O)CN)cc1. The second-order valence-electron chi connectivity index (χ2n) is 3.85. The van der Waals surface area contributed by atoms with Crippen molar-refractivity contribution in [2.24, 2.45) is 5.73 Å². The van der Waals surface area contributed by atoms with Crippen molar-refractivity contribution in [3.05, 3.63) is 24.3 Å². The molecule has 0 saturated heterocycles. The minimum absolute atomic E-state index is 0.271. The van der Waals surface area contributed by atoms with Gasteiger partial charge in [-0.25, -0.2) is 0 Å². The molecule has 0 amide bonds. The van der Waals surface area contributed by atoms with E-state index in [-0.39, 0.29) is 6.54 Å². The normalized spacial score (nSPS) is 12.2. The Balaban J connectivity index is 2.30. The molecule has 1 aromatic rings. The van der Waals surface area contributed by atoms with Crippen LogP contribution < -0.4 is 15.2 Å². The Morgan fingerprint density at radius 1 is 1.12 bits per heavy atom. The Bertz CT molecular complexity index is 300. The Morgan fingerprint density at radius 3 is 2.12 bits per heavy atom. The number of hydrogen-bond donors (Lipinski definition) is 2. The van der Waals surface area contributed by atoms with Crippen LogP contribution in [0.15, 0.2) is 24.3 Å². The summed E-state index contributed by atoms with van der Waals surface area (Å²) in [5.74, 6) is 1.62. The maximum atomic E-state index is 9.25. The molecule has 4 nitrogen and oxygen atoms in total. The third-order valence-corrected chi connectivity index (χ3v) is 2.29. The van der Waals surface area contributed by atoms with E-state index in [0.717, 1.165) is 24.5 Å². The first-order valence-corrected chi connectivity index (χ1v) is 6.00. The molecule has 0 spiro atoms. The third-order valence-electron chi connectivity index (χ3n) is 2.29. The van der Waals surface area contributed by atoms with E-state index >= 15 is 0 Å². The average Bonchev–Trinajstić information content (AvgIpc) is 2.37. The van der Waals surface area contributed by atoms with Gasteiger partial charge >= 0.3 is 0 Å². The molecule has 0 saturated carbocycles. The minimum atomic E-state index is -0.484. The van der Waals surface area contributed by atoms with Crippen molar-refractivity contribution in [2.45, 2.75) is 25.9 Å². The molecular formula is C13H21NO3. The smallest absolute Gasteiger partial charge is 0.119 e. The molecule has 0 aliphatic carbocycles. The van der Waals surface area contributed by atoms with Crippen molar-refractivity contribution in [3.63, 3.8) is 0 Å². The molecule has 1 aromatic carbocycles. The second kappa shape index (κ2) is 7.92. The summed E-state index contributed by atoms with van der Waals surface area (Å²) in [4.78, 5) is 0. The van der Waals surface area contributed by atoms with Crippen LogP contribution in [0, 0.1) is 0 Å². The Kier molecular flexibility index (Phi) is 6.43. The fourth-order valence-electron chi connectivity index (χ4n) is 1.28. The van der Waals surface area contributed by atoms with Gasteiger partial charge in [-0.15, -0.1) is 0 Å². The van der Waals surface area contributed by atoms with E-state index in [9.17, 15) is 5.11 Å². The first-order chi connectivity index (χ1) is 8.26. The minimum Gasteiger partial charge on any atom is -0.494 e. The van der Waals surface area contributed by atoms with Gasteiger partial charge in [0.25, 0.3) is 0 Å². The van der Waals surface area contributed by atoms with Crippen molar-refractivity contribution >= 4 is 0 Å². The number of rotatable bonds is 8. The van der Waals surface area contributed by atoms with E-state index in [4.69, 9.17) is 15.2 Å². The van der Waals surface area contributed by atoms with Crippen molar-refractivity contribution < 1.29 is 14.6 Å². The van der Waals surface area contributed by atoms with Gasteiger partial charge in [-0.2, -0.15) is 0 Å². The van der Waals surface area contributed by atoms with Crippen LogP contribution in [0.2, 0.25) is 0 Å². The zero-order chi connectivity index (χ0) is 12.5. The summed E-state index contributed by atoms with van der Waals surface area (Å²) in [6.07, 6.45) is 1.06. The van der Waals surface area contributed by atoms with Gasteiger partial charge in [0.15, 0.2) is 0 Å². The van der Waals surface area contributed by atoms with E-state index in [1.807, 2.05) is 24.3 Å². The standard InChI is InChI=1S/C13H21NO3/c1-2-8-16-12-3-5-13(6-4-12)17-9-7-11(15)10-14/h3-6,11,15H,2,7-10,14H2,1H3. The first kappa shape index (κ1) is 13.8. The predicted octanol–water partition coefficient (Wildman–Crippen LogP) is 1.56. The molecule has 0 heterocycles. The Morgan fingerprint density at radius 2 is 1.65 bits per heavy atom. The molecule has 0 aliphatic heterocycles. The molecule has 4 heteroatoms. The van der Waals surface area contributed by atoms with E-state index in [0.29, 0.717) is 13.0 Å². The number of nitrogens with two attached hydrogens (primary N) is 1. The molecule has 1 atom stereocenters. The zero-order valence-corrected chi connectivity index (χ0v) is 10.3. The maximum Gasteiger partial charge on any atom is 0.119 e. The molecule has 96 valence electrons. The summed E-state index contributed by atoms with van der Waals surface area (Å²) in [5, 5.41) is 9.25. The maximum absolute atomic E-state index is 9.25. The quantitative estimate of drug-likeness (QED) is 0.722. The highest BCUT2D eigenvalue weighted by molar-refractivity contribution is 5.31. The third kappa shape index (κ3) is 5.56. The molecule has 0 bridgehead atoms. The summed E-state index contributed by atoms with van der Waals surface area (Å²) in [6.45, 7) is 3.53.